The number of pyridine rings is 1. The molecule has 2 rings (SSSR count). The highest BCUT2D eigenvalue weighted by molar-refractivity contribution is 5.98. The fourth-order valence-corrected chi connectivity index (χ4v) is 1.82. The van der Waals surface area contributed by atoms with Gasteiger partial charge in [0.15, 0.2) is 0 Å². The summed E-state index contributed by atoms with van der Waals surface area (Å²) in [5.74, 6) is 1.21. The molecule has 0 bridgehead atoms. The van der Waals surface area contributed by atoms with Crippen LogP contribution in [-0.4, -0.2) is 30.1 Å². The molecule has 6 nitrogen and oxygen atoms in total. The van der Waals surface area contributed by atoms with Crippen LogP contribution in [0.5, 0.6) is 0 Å². The van der Waals surface area contributed by atoms with Gasteiger partial charge in [0.1, 0.15) is 17.3 Å². The van der Waals surface area contributed by atoms with E-state index in [0.717, 1.165) is 11.5 Å². The summed E-state index contributed by atoms with van der Waals surface area (Å²) in [6, 6.07) is 5.34. The minimum atomic E-state index is -0.161. The number of aromatic nitrogens is 2. The van der Waals surface area contributed by atoms with E-state index in [9.17, 15) is 4.79 Å². The van der Waals surface area contributed by atoms with Gasteiger partial charge in [-0.1, -0.05) is 5.16 Å². The third kappa shape index (κ3) is 2.90. The SMILES string of the molecule is CNC(=O)c1cccnc1N(C)Cc1cc(C)on1. The summed E-state index contributed by atoms with van der Waals surface area (Å²) in [5, 5.41) is 6.54. The van der Waals surface area contributed by atoms with E-state index in [1.807, 2.05) is 24.9 Å². The normalized spacial score (nSPS) is 10.3. The number of carbonyl (C=O) groups excluding carboxylic acids is 1. The van der Waals surface area contributed by atoms with Crippen LogP contribution < -0.4 is 10.2 Å². The maximum absolute atomic E-state index is 11.8. The van der Waals surface area contributed by atoms with Crippen LogP contribution in [0.25, 0.3) is 0 Å². The van der Waals surface area contributed by atoms with Crippen LogP contribution in [0.2, 0.25) is 0 Å². The molecule has 0 aliphatic heterocycles. The predicted octanol–water partition coefficient (Wildman–Crippen LogP) is 1.37. The molecular weight excluding hydrogens is 244 g/mol. The number of carbonyl (C=O) groups is 1. The van der Waals surface area contributed by atoms with E-state index in [2.05, 4.69) is 15.5 Å². The standard InChI is InChI=1S/C13H16N4O2/c1-9-7-10(16-19-9)8-17(3)12-11(13(18)14-2)5-4-6-15-12/h4-7H,8H2,1-3H3,(H,14,18). The largest absolute Gasteiger partial charge is 0.361 e. The number of nitrogens with one attached hydrogen (secondary N) is 1. The number of anilines is 1. The molecule has 100 valence electrons. The molecule has 0 unspecified atom stereocenters. The first-order chi connectivity index (χ1) is 9.11. The lowest BCUT2D eigenvalue weighted by atomic mass is 10.2. The quantitative estimate of drug-likeness (QED) is 0.899. The first kappa shape index (κ1) is 13.1. The Kier molecular flexibility index (Phi) is 3.79. The molecular formula is C13H16N4O2. The molecule has 0 saturated carbocycles. The van der Waals surface area contributed by atoms with Crippen molar-refractivity contribution in [3.05, 3.63) is 41.4 Å². The van der Waals surface area contributed by atoms with Crippen LogP contribution in [0.15, 0.2) is 28.9 Å². The molecule has 2 heterocycles. The van der Waals surface area contributed by atoms with Crippen LogP contribution in [-0.2, 0) is 6.54 Å². The van der Waals surface area contributed by atoms with Crippen molar-refractivity contribution in [2.24, 2.45) is 0 Å². The minimum absolute atomic E-state index is 0.161. The third-order valence-corrected chi connectivity index (χ3v) is 2.70. The van der Waals surface area contributed by atoms with Crippen LogP contribution >= 0.6 is 0 Å². The smallest absolute Gasteiger partial charge is 0.254 e. The van der Waals surface area contributed by atoms with Crippen molar-refractivity contribution in [2.45, 2.75) is 13.5 Å². The van der Waals surface area contributed by atoms with E-state index in [0.29, 0.717) is 17.9 Å². The molecule has 0 spiro atoms. The average molecular weight is 260 g/mol. The Bertz CT molecular complexity index is 580. The molecule has 1 amide bonds. The topological polar surface area (TPSA) is 71.3 Å². The molecule has 0 fully saturated rings. The summed E-state index contributed by atoms with van der Waals surface area (Å²) in [5.41, 5.74) is 1.33. The minimum Gasteiger partial charge on any atom is -0.361 e. The Morgan fingerprint density at radius 3 is 2.95 bits per heavy atom. The second-order valence-electron chi connectivity index (χ2n) is 4.24. The number of amides is 1. The highest BCUT2D eigenvalue weighted by atomic mass is 16.5. The highest BCUT2D eigenvalue weighted by Crippen LogP contribution is 2.17. The predicted molar refractivity (Wildman–Crippen MR) is 71.0 cm³/mol. The van der Waals surface area contributed by atoms with E-state index in [1.165, 1.54) is 0 Å². The molecule has 0 radical (unpaired) electrons. The molecule has 0 atom stereocenters. The van der Waals surface area contributed by atoms with Crippen molar-refractivity contribution in [3.8, 4) is 0 Å². The van der Waals surface area contributed by atoms with Crippen LogP contribution in [0, 0.1) is 6.92 Å². The van der Waals surface area contributed by atoms with E-state index >= 15 is 0 Å². The maximum atomic E-state index is 11.8. The number of nitrogens with zero attached hydrogens (tertiary/aromatic N) is 3. The van der Waals surface area contributed by atoms with Gasteiger partial charge in [-0.05, 0) is 19.1 Å². The number of rotatable bonds is 4. The van der Waals surface area contributed by atoms with Gasteiger partial charge in [0.05, 0.1) is 12.1 Å². The van der Waals surface area contributed by atoms with E-state index in [4.69, 9.17) is 4.52 Å². The Balaban J connectivity index is 2.23. The van der Waals surface area contributed by atoms with Crippen molar-refractivity contribution in [3.63, 3.8) is 0 Å². The van der Waals surface area contributed by atoms with Crippen molar-refractivity contribution in [1.82, 2.24) is 15.5 Å². The van der Waals surface area contributed by atoms with Gasteiger partial charge >= 0.3 is 0 Å². The molecule has 2 aromatic rings. The summed E-state index contributed by atoms with van der Waals surface area (Å²) < 4.78 is 5.02. The molecule has 19 heavy (non-hydrogen) atoms. The lowest BCUT2D eigenvalue weighted by Crippen LogP contribution is -2.25. The van der Waals surface area contributed by atoms with E-state index < -0.39 is 0 Å². The van der Waals surface area contributed by atoms with Crippen molar-refractivity contribution >= 4 is 11.7 Å². The molecule has 0 aliphatic rings. The van der Waals surface area contributed by atoms with Crippen molar-refractivity contribution in [2.75, 3.05) is 19.0 Å². The summed E-state index contributed by atoms with van der Waals surface area (Å²) in [6.45, 7) is 2.37. The van der Waals surface area contributed by atoms with Gasteiger partial charge in [-0.25, -0.2) is 4.98 Å². The van der Waals surface area contributed by atoms with Gasteiger partial charge in [0.2, 0.25) is 0 Å². The highest BCUT2D eigenvalue weighted by Gasteiger charge is 2.15. The Morgan fingerprint density at radius 1 is 1.53 bits per heavy atom. The molecule has 2 aromatic heterocycles. The summed E-state index contributed by atoms with van der Waals surface area (Å²) in [7, 11) is 3.46. The van der Waals surface area contributed by atoms with Gasteiger partial charge < -0.3 is 14.7 Å². The number of hydrogen-bond donors (Lipinski definition) is 1. The zero-order valence-corrected chi connectivity index (χ0v) is 11.2. The fourth-order valence-electron chi connectivity index (χ4n) is 1.82. The lowest BCUT2D eigenvalue weighted by molar-refractivity contribution is 0.0963. The van der Waals surface area contributed by atoms with E-state index in [1.54, 1.807) is 25.4 Å². The van der Waals surface area contributed by atoms with Gasteiger partial charge in [0, 0.05) is 26.4 Å². The van der Waals surface area contributed by atoms with Gasteiger partial charge in [-0.2, -0.15) is 0 Å². The van der Waals surface area contributed by atoms with Gasteiger partial charge in [-0.3, -0.25) is 4.79 Å². The maximum Gasteiger partial charge on any atom is 0.254 e. The first-order valence-electron chi connectivity index (χ1n) is 5.92. The van der Waals surface area contributed by atoms with Gasteiger partial charge in [-0.15, -0.1) is 0 Å². The monoisotopic (exact) mass is 260 g/mol. The zero-order chi connectivity index (χ0) is 13.8. The summed E-state index contributed by atoms with van der Waals surface area (Å²) in [4.78, 5) is 17.9. The average Bonchev–Trinajstić information content (AvgIpc) is 2.83. The zero-order valence-electron chi connectivity index (χ0n) is 11.2. The summed E-state index contributed by atoms with van der Waals surface area (Å²) in [6.07, 6.45) is 1.66. The number of aryl methyl sites for hydroxylation is 1. The Hall–Kier alpha value is -2.37. The van der Waals surface area contributed by atoms with Crippen molar-refractivity contribution < 1.29 is 9.32 Å². The van der Waals surface area contributed by atoms with Crippen molar-refractivity contribution in [1.29, 1.82) is 0 Å². The molecule has 0 saturated heterocycles. The van der Waals surface area contributed by atoms with Gasteiger partial charge in [0.25, 0.3) is 5.91 Å². The molecule has 1 N–H and O–H groups in total. The first-order valence-corrected chi connectivity index (χ1v) is 5.92. The van der Waals surface area contributed by atoms with E-state index in [-0.39, 0.29) is 5.91 Å². The Morgan fingerprint density at radius 2 is 2.32 bits per heavy atom. The Labute approximate surface area is 111 Å². The van der Waals surface area contributed by atoms with Crippen LogP contribution in [0.1, 0.15) is 21.8 Å². The molecule has 0 aromatic carbocycles. The molecule has 0 aliphatic carbocycles. The number of hydrogen-bond acceptors (Lipinski definition) is 5. The summed E-state index contributed by atoms with van der Waals surface area (Å²) >= 11 is 0. The van der Waals surface area contributed by atoms with Crippen LogP contribution in [0.3, 0.4) is 0 Å². The lowest BCUT2D eigenvalue weighted by Gasteiger charge is -2.19. The molecule has 6 heteroatoms. The second kappa shape index (κ2) is 5.51. The van der Waals surface area contributed by atoms with Crippen LogP contribution in [0.4, 0.5) is 5.82 Å². The fraction of sp³-hybridized carbons (Fsp3) is 0.308. The second-order valence-corrected chi connectivity index (χ2v) is 4.24. The third-order valence-electron chi connectivity index (χ3n) is 2.70.